The number of carbonyl (C=O) groups excluding carboxylic acids is 1. The lowest BCUT2D eigenvalue weighted by Crippen LogP contribution is -2.53. The maximum absolute atomic E-state index is 11.8. The number of hydrogen-bond acceptors (Lipinski definition) is 3. The zero-order chi connectivity index (χ0) is 11.0. The maximum atomic E-state index is 11.8. The van der Waals surface area contributed by atoms with Crippen LogP contribution in [0, 0.1) is 6.92 Å². The van der Waals surface area contributed by atoms with Gasteiger partial charge in [-0.3, -0.25) is 4.79 Å². The topological polar surface area (TPSA) is 53.4 Å². The highest BCUT2D eigenvalue weighted by Gasteiger charge is 2.30. The number of likely N-dealkylation sites (tertiary alicyclic amines) is 1. The first kappa shape index (κ1) is 10.6. The maximum Gasteiger partial charge on any atom is 0.256 e. The van der Waals surface area contributed by atoms with Crippen molar-refractivity contribution in [3.63, 3.8) is 0 Å². The second-order valence-corrected chi connectivity index (χ2v) is 4.41. The van der Waals surface area contributed by atoms with E-state index in [9.17, 15) is 4.79 Å². The van der Waals surface area contributed by atoms with Crippen molar-refractivity contribution in [3.8, 4) is 0 Å². The van der Waals surface area contributed by atoms with E-state index in [2.05, 4.69) is 20.9 Å². The monoisotopic (exact) mass is 270 g/mol. The van der Waals surface area contributed by atoms with Gasteiger partial charge in [0.15, 0.2) is 0 Å². The van der Waals surface area contributed by atoms with Crippen LogP contribution in [-0.2, 0) is 0 Å². The molecule has 0 unspecified atom stereocenters. The summed E-state index contributed by atoms with van der Waals surface area (Å²) in [7, 11) is 0. The zero-order valence-corrected chi connectivity index (χ0v) is 9.86. The molecule has 80 valence electrons. The van der Waals surface area contributed by atoms with Crippen molar-refractivity contribution in [2.45, 2.75) is 13.0 Å². The van der Waals surface area contributed by atoms with Crippen LogP contribution in [0.1, 0.15) is 16.1 Å². The van der Waals surface area contributed by atoms with Crippen LogP contribution in [0.25, 0.3) is 0 Å². The van der Waals surface area contributed by atoms with Crippen LogP contribution in [0.3, 0.4) is 0 Å². The van der Waals surface area contributed by atoms with Crippen LogP contribution in [0.15, 0.2) is 16.7 Å². The molecule has 0 bridgehead atoms. The zero-order valence-electron chi connectivity index (χ0n) is 8.27. The Labute approximate surface area is 96.1 Å². The lowest BCUT2D eigenvalue weighted by atomic mass is 10.1. The molecule has 1 saturated heterocycles. The van der Waals surface area contributed by atoms with Gasteiger partial charge in [0.25, 0.3) is 5.91 Å². The van der Waals surface area contributed by atoms with Crippen LogP contribution < -0.4 is 0 Å². The number of halogens is 1. The number of pyridine rings is 1. The van der Waals surface area contributed by atoms with Crippen molar-refractivity contribution in [3.05, 3.63) is 28.0 Å². The number of nitrogens with zero attached hydrogens (tertiary/aromatic N) is 2. The number of carbonyl (C=O) groups is 1. The third-order valence-corrected chi connectivity index (χ3v) is 2.97. The Hall–Kier alpha value is -0.940. The molecule has 1 fully saturated rings. The SMILES string of the molecule is Cc1ccc(C(=O)N2CC(O)C2)c(Br)n1. The summed E-state index contributed by atoms with van der Waals surface area (Å²) in [5.74, 6) is -0.0836. The normalized spacial score (nSPS) is 16.3. The highest BCUT2D eigenvalue weighted by molar-refractivity contribution is 9.10. The van der Waals surface area contributed by atoms with E-state index in [1.54, 1.807) is 17.0 Å². The second kappa shape index (κ2) is 3.90. The molecule has 0 atom stereocenters. The molecule has 1 aliphatic heterocycles. The summed E-state index contributed by atoms with van der Waals surface area (Å²) >= 11 is 3.26. The van der Waals surface area contributed by atoms with Crippen molar-refractivity contribution >= 4 is 21.8 Å². The summed E-state index contributed by atoms with van der Waals surface area (Å²) in [6.07, 6.45) is -0.369. The molecule has 0 saturated carbocycles. The summed E-state index contributed by atoms with van der Waals surface area (Å²) in [5, 5.41) is 9.11. The lowest BCUT2D eigenvalue weighted by molar-refractivity contribution is 0.00579. The molecule has 1 aromatic heterocycles. The third kappa shape index (κ3) is 2.03. The standard InChI is InChI=1S/C10H11BrN2O2/c1-6-2-3-8(9(11)12-6)10(15)13-4-7(14)5-13/h2-3,7,14H,4-5H2,1H3. The van der Waals surface area contributed by atoms with Gasteiger partial charge in [-0.2, -0.15) is 0 Å². The van der Waals surface area contributed by atoms with Gasteiger partial charge in [0.1, 0.15) is 4.60 Å². The summed E-state index contributed by atoms with van der Waals surface area (Å²) < 4.78 is 0.564. The van der Waals surface area contributed by atoms with E-state index >= 15 is 0 Å². The van der Waals surface area contributed by atoms with Crippen molar-refractivity contribution in [2.24, 2.45) is 0 Å². The van der Waals surface area contributed by atoms with Crippen LogP contribution in [0.5, 0.6) is 0 Å². The summed E-state index contributed by atoms with van der Waals surface area (Å²) in [6.45, 7) is 2.70. The molecule has 2 heterocycles. The van der Waals surface area contributed by atoms with Crippen molar-refractivity contribution < 1.29 is 9.90 Å². The summed E-state index contributed by atoms with van der Waals surface area (Å²) in [5.41, 5.74) is 1.41. The van der Waals surface area contributed by atoms with Gasteiger partial charge in [-0.25, -0.2) is 4.98 Å². The van der Waals surface area contributed by atoms with Crippen molar-refractivity contribution in [1.82, 2.24) is 9.88 Å². The van der Waals surface area contributed by atoms with Gasteiger partial charge < -0.3 is 10.0 Å². The first-order valence-electron chi connectivity index (χ1n) is 4.68. The Bertz CT molecular complexity index is 402. The minimum Gasteiger partial charge on any atom is -0.389 e. The number of amides is 1. The number of aliphatic hydroxyl groups is 1. The first-order chi connectivity index (χ1) is 7.08. The van der Waals surface area contributed by atoms with Gasteiger partial charge in [0.2, 0.25) is 0 Å². The number of rotatable bonds is 1. The Morgan fingerprint density at radius 1 is 1.60 bits per heavy atom. The van der Waals surface area contributed by atoms with Gasteiger partial charge in [0, 0.05) is 18.8 Å². The van der Waals surface area contributed by atoms with E-state index in [1.807, 2.05) is 6.92 Å². The minimum absolute atomic E-state index is 0.0836. The van der Waals surface area contributed by atoms with Crippen LogP contribution >= 0.6 is 15.9 Å². The average molecular weight is 271 g/mol. The average Bonchev–Trinajstić information content (AvgIpc) is 2.12. The third-order valence-electron chi connectivity index (χ3n) is 2.37. The number of aryl methyl sites for hydroxylation is 1. The van der Waals surface area contributed by atoms with Crippen molar-refractivity contribution in [2.75, 3.05) is 13.1 Å². The highest BCUT2D eigenvalue weighted by atomic mass is 79.9. The predicted octanol–water partition coefficient (Wildman–Crippen LogP) is 0.969. The number of aliphatic hydroxyl groups excluding tert-OH is 1. The van der Waals surface area contributed by atoms with E-state index in [0.29, 0.717) is 23.3 Å². The molecule has 0 aromatic carbocycles. The number of aromatic nitrogens is 1. The fourth-order valence-corrected chi connectivity index (χ4v) is 2.06. The smallest absolute Gasteiger partial charge is 0.256 e. The molecule has 15 heavy (non-hydrogen) atoms. The van der Waals surface area contributed by atoms with Gasteiger partial charge in [0.05, 0.1) is 11.7 Å². The molecule has 1 N–H and O–H groups in total. The van der Waals surface area contributed by atoms with Crippen LogP contribution in [0.4, 0.5) is 0 Å². The van der Waals surface area contributed by atoms with E-state index < -0.39 is 0 Å². The van der Waals surface area contributed by atoms with E-state index in [-0.39, 0.29) is 12.0 Å². The summed E-state index contributed by atoms with van der Waals surface area (Å²) in [6, 6.07) is 3.55. The molecule has 2 rings (SSSR count). The molecular formula is C10H11BrN2O2. The largest absolute Gasteiger partial charge is 0.389 e. The molecule has 1 aromatic rings. The van der Waals surface area contributed by atoms with Crippen LogP contribution in [-0.4, -0.2) is 40.1 Å². The van der Waals surface area contributed by atoms with Gasteiger partial charge in [-0.1, -0.05) is 0 Å². The minimum atomic E-state index is -0.369. The Morgan fingerprint density at radius 3 is 2.80 bits per heavy atom. The molecule has 4 nitrogen and oxygen atoms in total. The van der Waals surface area contributed by atoms with E-state index in [1.165, 1.54) is 0 Å². The number of hydrogen-bond donors (Lipinski definition) is 1. The molecule has 0 radical (unpaired) electrons. The molecule has 1 aliphatic rings. The van der Waals surface area contributed by atoms with E-state index in [4.69, 9.17) is 5.11 Å². The van der Waals surface area contributed by atoms with Crippen molar-refractivity contribution in [1.29, 1.82) is 0 Å². The fraction of sp³-hybridized carbons (Fsp3) is 0.400. The first-order valence-corrected chi connectivity index (χ1v) is 5.47. The molecular weight excluding hydrogens is 260 g/mol. The van der Waals surface area contributed by atoms with Gasteiger partial charge in [-0.05, 0) is 35.0 Å². The number of β-amino-alcohol motifs (C(OH)–C–C–N with tert-alkyl or cyclic N) is 1. The van der Waals surface area contributed by atoms with Crippen LogP contribution in [0.2, 0.25) is 0 Å². The lowest BCUT2D eigenvalue weighted by Gasteiger charge is -2.35. The molecule has 0 aliphatic carbocycles. The Kier molecular flexibility index (Phi) is 2.75. The quantitative estimate of drug-likeness (QED) is 0.774. The summed E-state index contributed by atoms with van der Waals surface area (Å²) in [4.78, 5) is 17.6. The Morgan fingerprint density at radius 2 is 2.27 bits per heavy atom. The van der Waals surface area contributed by atoms with Gasteiger partial charge >= 0.3 is 0 Å². The highest BCUT2D eigenvalue weighted by Crippen LogP contribution is 2.19. The van der Waals surface area contributed by atoms with E-state index in [0.717, 1.165) is 5.69 Å². The molecule has 1 amide bonds. The van der Waals surface area contributed by atoms with Gasteiger partial charge in [-0.15, -0.1) is 0 Å². The predicted molar refractivity (Wildman–Crippen MR) is 58.6 cm³/mol. The molecule has 5 heteroatoms. The fourth-order valence-electron chi connectivity index (χ4n) is 1.48. The second-order valence-electron chi connectivity index (χ2n) is 3.65. The molecule has 0 spiro atoms. The Balaban J connectivity index is 2.19.